The highest BCUT2D eigenvalue weighted by molar-refractivity contribution is 7.92. The molecular formula is C13H10FN3O2S2. The fraction of sp³-hybridized carbons (Fsp3) is 0.0769. The van der Waals surface area contributed by atoms with E-state index in [4.69, 9.17) is 0 Å². The number of anilines is 1. The van der Waals surface area contributed by atoms with Gasteiger partial charge >= 0.3 is 0 Å². The molecule has 0 saturated heterocycles. The molecule has 0 unspecified atom stereocenters. The van der Waals surface area contributed by atoms with Gasteiger partial charge in [-0.15, -0.1) is 11.3 Å². The maximum atomic E-state index is 13.6. The van der Waals surface area contributed by atoms with Crippen LogP contribution < -0.4 is 4.72 Å². The van der Waals surface area contributed by atoms with E-state index in [2.05, 4.69) is 14.7 Å². The SMILES string of the molecule is Cc1nc2ccc(NS(=O)(=O)c3ncccc3F)cc2s1. The summed E-state index contributed by atoms with van der Waals surface area (Å²) in [6.07, 6.45) is 1.23. The molecule has 2 aromatic heterocycles. The number of nitrogens with zero attached hydrogens (tertiary/aromatic N) is 2. The predicted molar refractivity (Wildman–Crippen MR) is 79.4 cm³/mol. The second-order valence-electron chi connectivity index (χ2n) is 4.31. The van der Waals surface area contributed by atoms with Gasteiger partial charge in [0.25, 0.3) is 10.0 Å². The van der Waals surface area contributed by atoms with Crippen molar-refractivity contribution >= 4 is 37.3 Å². The number of halogens is 1. The number of benzene rings is 1. The van der Waals surface area contributed by atoms with Crippen LogP contribution in [0.4, 0.5) is 10.1 Å². The monoisotopic (exact) mass is 323 g/mol. The number of nitrogens with one attached hydrogen (secondary N) is 1. The van der Waals surface area contributed by atoms with Gasteiger partial charge in [-0.3, -0.25) is 4.72 Å². The topological polar surface area (TPSA) is 72.0 Å². The molecule has 3 rings (SSSR count). The largest absolute Gasteiger partial charge is 0.282 e. The van der Waals surface area contributed by atoms with Gasteiger partial charge in [-0.2, -0.15) is 8.42 Å². The van der Waals surface area contributed by atoms with Crippen molar-refractivity contribution in [3.8, 4) is 0 Å². The van der Waals surface area contributed by atoms with Crippen molar-refractivity contribution in [1.82, 2.24) is 9.97 Å². The zero-order chi connectivity index (χ0) is 15.0. The highest BCUT2D eigenvalue weighted by Gasteiger charge is 2.20. The highest BCUT2D eigenvalue weighted by Crippen LogP contribution is 2.26. The van der Waals surface area contributed by atoms with Gasteiger partial charge in [0.05, 0.1) is 20.9 Å². The third-order valence-corrected chi connectivity index (χ3v) is 4.97. The van der Waals surface area contributed by atoms with Crippen LogP contribution in [0.1, 0.15) is 5.01 Å². The molecule has 0 radical (unpaired) electrons. The molecule has 3 aromatic rings. The van der Waals surface area contributed by atoms with Gasteiger partial charge in [-0.25, -0.2) is 14.4 Å². The average molecular weight is 323 g/mol. The number of fused-ring (bicyclic) bond motifs is 1. The third kappa shape index (κ3) is 2.72. The molecule has 108 valence electrons. The Balaban J connectivity index is 1.99. The zero-order valence-corrected chi connectivity index (χ0v) is 12.5. The lowest BCUT2D eigenvalue weighted by molar-refractivity contribution is 0.557. The quantitative estimate of drug-likeness (QED) is 0.804. The third-order valence-electron chi connectivity index (χ3n) is 2.73. The minimum absolute atomic E-state index is 0.344. The lowest BCUT2D eigenvalue weighted by Crippen LogP contribution is -2.16. The molecule has 0 aliphatic rings. The maximum absolute atomic E-state index is 13.6. The molecule has 1 aromatic carbocycles. The van der Waals surface area contributed by atoms with E-state index in [1.807, 2.05) is 6.92 Å². The molecule has 0 fully saturated rings. The van der Waals surface area contributed by atoms with Crippen molar-refractivity contribution in [1.29, 1.82) is 0 Å². The number of thiazole rings is 1. The predicted octanol–water partition coefficient (Wildman–Crippen LogP) is 2.94. The standard InChI is InChI=1S/C13H10FN3O2S2/c1-8-16-11-5-4-9(7-12(11)20-8)17-21(18,19)13-10(14)3-2-6-15-13/h2-7,17H,1H3. The van der Waals surface area contributed by atoms with Gasteiger partial charge in [-0.05, 0) is 37.3 Å². The van der Waals surface area contributed by atoms with E-state index >= 15 is 0 Å². The Morgan fingerprint density at radius 1 is 1.29 bits per heavy atom. The summed E-state index contributed by atoms with van der Waals surface area (Å²) in [5.74, 6) is -0.889. The van der Waals surface area contributed by atoms with E-state index in [-0.39, 0.29) is 0 Å². The number of aryl methyl sites for hydroxylation is 1. The summed E-state index contributed by atoms with van der Waals surface area (Å²) < 4.78 is 41.0. The first kappa shape index (κ1) is 13.9. The fourth-order valence-electron chi connectivity index (χ4n) is 1.88. The van der Waals surface area contributed by atoms with Gasteiger partial charge in [0, 0.05) is 6.20 Å². The summed E-state index contributed by atoms with van der Waals surface area (Å²) in [6.45, 7) is 1.87. The Morgan fingerprint density at radius 2 is 2.10 bits per heavy atom. The van der Waals surface area contributed by atoms with E-state index in [1.165, 1.54) is 23.6 Å². The summed E-state index contributed by atoms with van der Waals surface area (Å²) in [6, 6.07) is 7.35. The van der Waals surface area contributed by atoms with Gasteiger partial charge in [-0.1, -0.05) is 0 Å². The molecule has 21 heavy (non-hydrogen) atoms. The molecule has 1 N–H and O–H groups in total. The minimum Gasteiger partial charge on any atom is -0.278 e. The van der Waals surface area contributed by atoms with Crippen molar-refractivity contribution in [2.45, 2.75) is 11.9 Å². The zero-order valence-electron chi connectivity index (χ0n) is 10.9. The van der Waals surface area contributed by atoms with Crippen LogP contribution in [0.15, 0.2) is 41.6 Å². The number of hydrogen-bond acceptors (Lipinski definition) is 5. The van der Waals surface area contributed by atoms with Crippen molar-refractivity contribution < 1.29 is 12.8 Å². The maximum Gasteiger partial charge on any atom is 0.282 e. The van der Waals surface area contributed by atoms with E-state index in [0.29, 0.717) is 5.69 Å². The van der Waals surface area contributed by atoms with Crippen molar-refractivity contribution in [2.24, 2.45) is 0 Å². The van der Waals surface area contributed by atoms with Gasteiger partial charge in [0.15, 0.2) is 5.82 Å². The second-order valence-corrected chi connectivity index (χ2v) is 7.14. The van der Waals surface area contributed by atoms with Crippen LogP contribution in [0.25, 0.3) is 10.2 Å². The summed E-state index contributed by atoms with van der Waals surface area (Å²) in [5.41, 5.74) is 1.14. The molecule has 5 nitrogen and oxygen atoms in total. The summed E-state index contributed by atoms with van der Waals surface area (Å²) in [5, 5.41) is 0.270. The Morgan fingerprint density at radius 3 is 2.86 bits per heavy atom. The molecule has 8 heteroatoms. The molecule has 0 bridgehead atoms. The summed E-state index contributed by atoms with van der Waals surface area (Å²) in [4.78, 5) is 7.87. The minimum atomic E-state index is -4.06. The summed E-state index contributed by atoms with van der Waals surface area (Å²) >= 11 is 1.46. The van der Waals surface area contributed by atoms with Gasteiger partial charge in [0.1, 0.15) is 0 Å². The lowest BCUT2D eigenvalue weighted by Gasteiger charge is -2.07. The average Bonchev–Trinajstić information content (AvgIpc) is 2.78. The van der Waals surface area contributed by atoms with Crippen LogP contribution >= 0.6 is 11.3 Å². The number of pyridine rings is 1. The Bertz CT molecular complexity index is 922. The van der Waals surface area contributed by atoms with E-state index in [0.717, 1.165) is 21.3 Å². The number of hydrogen-bond donors (Lipinski definition) is 1. The number of aromatic nitrogens is 2. The molecule has 0 atom stereocenters. The molecular weight excluding hydrogens is 313 g/mol. The normalized spacial score (nSPS) is 11.7. The van der Waals surface area contributed by atoms with Crippen LogP contribution in [0.3, 0.4) is 0 Å². The van der Waals surface area contributed by atoms with Crippen molar-refractivity contribution in [3.05, 3.63) is 47.4 Å². The first-order chi connectivity index (χ1) is 9.95. The van der Waals surface area contributed by atoms with Crippen LogP contribution in [0, 0.1) is 12.7 Å². The van der Waals surface area contributed by atoms with Crippen LogP contribution in [-0.4, -0.2) is 18.4 Å². The molecule has 0 aliphatic heterocycles. The van der Waals surface area contributed by atoms with Crippen molar-refractivity contribution in [3.63, 3.8) is 0 Å². The Labute approximate surface area is 124 Å². The molecule has 2 heterocycles. The summed E-state index contributed by atoms with van der Waals surface area (Å²) in [7, 11) is -4.06. The molecule has 0 saturated carbocycles. The lowest BCUT2D eigenvalue weighted by atomic mass is 10.3. The van der Waals surface area contributed by atoms with Crippen molar-refractivity contribution in [2.75, 3.05) is 4.72 Å². The second kappa shape index (κ2) is 5.05. The van der Waals surface area contributed by atoms with Gasteiger partial charge < -0.3 is 0 Å². The van der Waals surface area contributed by atoms with Crippen LogP contribution in [-0.2, 0) is 10.0 Å². The van der Waals surface area contributed by atoms with Gasteiger partial charge in [0.2, 0.25) is 5.03 Å². The molecule has 0 amide bonds. The van der Waals surface area contributed by atoms with Crippen LogP contribution in [0.2, 0.25) is 0 Å². The van der Waals surface area contributed by atoms with E-state index in [9.17, 15) is 12.8 Å². The molecule has 0 spiro atoms. The Hall–Kier alpha value is -2.06. The van der Waals surface area contributed by atoms with E-state index < -0.39 is 20.9 Å². The first-order valence-corrected chi connectivity index (χ1v) is 8.26. The number of rotatable bonds is 3. The number of sulfonamides is 1. The van der Waals surface area contributed by atoms with E-state index in [1.54, 1.807) is 18.2 Å². The molecule has 0 aliphatic carbocycles. The Kier molecular flexibility index (Phi) is 3.34. The highest BCUT2D eigenvalue weighted by atomic mass is 32.2. The van der Waals surface area contributed by atoms with Crippen LogP contribution in [0.5, 0.6) is 0 Å². The smallest absolute Gasteiger partial charge is 0.278 e. The first-order valence-electron chi connectivity index (χ1n) is 5.96. The fourth-order valence-corrected chi connectivity index (χ4v) is 3.80.